The van der Waals surface area contributed by atoms with Gasteiger partial charge in [0.2, 0.25) is 5.95 Å². The van der Waals surface area contributed by atoms with Gasteiger partial charge in [0.25, 0.3) is 0 Å². The minimum Gasteiger partial charge on any atom is -0.354 e. The molecule has 1 aliphatic rings. The number of hydrogen-bond donors (Lipinski definition) is 2. The summed E-state index contributed by atoms with van der Waals surface area (Å²) in [7, 11) is 0. The standard InChI is InChI=1S/C16H19ClN4/c1-3-18-16-19-13(11-7-8-11)9-14(21-16)20-15-10(2)5-4-6-12(15)17/h4-6,9,11H,3,7-8H2,1-2H3,(H2,18,19,20,21). The molecule has 1 heterocycles. The molecule has 1 saturated carbocycles. The second-order valence-electron chi connectivity index (χ2n) is 5.36. The monoisotopic (exact) mass is 302 g/mol. The Bertz CT molecular complexity index is 632. The number of nitrogens with zero attached hydrogens (tertiary/aromatic N) is 2. The molecule has 21 heavy (non-hydrogen) atoms. The summed E-state index contributed by atoms with van der Waals surface area (Å²) in [4.78, 5) is 9.10. The Kier molecular flexibility index (Phi) is 3.97. The normalized spacial score (nSPS) is 14.0. The third-order valence-electron chi connectivity index (χ3n) is 3.55. The predicted molar refractivity (Wildman–Crippen MR) is 87.6 cm³/mol. The zero-order valence-electron chi connectivity index (χ0n) is 12.3. The van der Waals surface area contributed by atoms with E-state index in [1.54, 1.807) is 0 Å². The lowest BCUT2D eigenvalue weighted by molar-refractivity contribution is 0.977. The number of para-hydroxylation sites is 1. The zero-order chi connectivity index (χ0) is 14.8. The summed E-state index contributed by atoms with van der Waals surface area (Å²) in [6.45, 7) is 4.87. The number of benzene rings is 1. The van der Waals surface area contributed by atoms with E-state index in [1.807, 2.05) is 38.1 Å². The average molecular weight is 303 g/mol. The quantitative estimate of drug-likeness (QED) is 0.854. The minimum absolute atomic E-state index is 0.582. The third-order valence-corrected chi connectivity index (χ3v) is 3.87. The molecule has 1 fully saturated rings. The van der Waals surface area contributed by atoms with Crippen LogP contribution in [0, 0.1) is 6.92 Å². The van der Waals surface area contributed by atoms with E-state index in [1.165, 1.54) is 12.8 Å². The molecule has 5 heteroatoms. The number of rotatable bonds is 5. The van der Waals surface area contributed by atoms with Crippen molar-refractivity contribution in [1.29, 1.82) is 0 Å². The highest BCUT2D eigenvalue weighted by atomic mass is 35.5. The highest BCUT2D eigenvalue weighted by Crippen LogP contribution is 2.40. The minimum atomic E-state index is 0.582. The predicted octanol–water partition coefficient (Wildman–Crippen LogP) is 4.49. The van der Waals surface area contributed by atoms with Crippen LogP contribution in [0.3, 0.4) is 0 Å². The first-order valence-electron chi connectivity index (χ1n) is 7.32. The first-order chi connectivity index (χ1) is 10.2. The van der Waals surface area contributed by atoms with Gasteiger partial charge in [0.15, 0.2) is 0 Å². The molecule has 2 aromatic rings. The van der Waals surface area contributed by atoms with Gasteiger partial charge in [-0.2, -0.15) is 4.98 Å². The second-order valence-corrected chi connectivity index (χ2v) is 5.77. The summed E-state index contributed by atoms with van der Waals surface area (Å²) >= 11 is 6.27. The Morgan fingerprint density at radius 3 is 2.76 bits per heavy atom. The lowest BCUT2D eigenvalue weighted by atomic mass is 10.2. The molecule has 0 saturated heterocycles. The van der Waals surface area contributed by atoms with Gasteiger partial charge in [0.05, 0.1) is 16.4 Å². The molecule has 1 aromatic carbocycles. The van der Waals surface area contributed by atoms with Gasteiger partial charge in [-0.15, -0.1) is 0 Å². The van der Waals surface area contributed by atoms with Crippen LogP contribution in [-0.2, 0) is 0 Å². The molecule has 0 aliphatic heterocycles. The van der Waals surface area contributed by atoms with Gasteiger partial charge in [-0.05, 0) is 38.3 Å². The van der Waals surface area contributed by atoms with E-state index in [-0.39, 0.29) is 0 Å². The van der Waals surface area contributed by atoms with Crippen LogP contribution in [0.15, 0.2) is 24.3 Å². The van der Waals surface area contributed by atoms with Gasteiger partial charge < -0.3 is 10.6 Å². The molecule has 0 radical (unpaired) electrons. The number of aromatic nitrogens is 2. The van der Waals surface area contributed by atoms with Gasteiger partial charge >= 0.3 is 0 Å². The number of anilines is 3. The number of nitrogens with one attached hydrogen (secondary N) is 2. The van der Waals surface area contributed by atoms with Crippen molar-refractivity contribution in [2.45, 2.75) is 32.6 Å². The Balaban J connectivity index is 1.93. The zero-order valence-corrected chi connectivity index (χ0v) is 13.0. The summed E-state index contributed by atoms with van der Waals surface area (Å²) in [5.74, 6) is 2.05. The summed E-state index contributed by atoms with van der Waals surface area (Å²) in [5, 5.41) is 7.23. The topological polar surface area (TPSA) is 49.8 Å². The lowest BCUT2D eigenvalue weighted by Crippen LogP contribution is -2.06. The van der Waals surface area contributed by atoms with E-state index in [2.05, 4.69) is 20.6 Å². The van der Waals surface area contributed by atoms with Crippen LogP contribution in [-0.4, -0.2) is 16.5 Å². The van der Waals surface area contributed by atoms with Crippen molar-refractivity contribution in [2.75, 3.05) is 17.2 Å². The van der Waals surface area contributed by atoms with Crippen molar-refractivity contribution in [3.63, 3.8) is 0 Å². The second kappa shape index (κ2) is 5.90. The maximum Gasteiger partial charge on any atom is 0.224 e. The van der Waals surface area contributed by atoms with Crippen LogP contribution in [0.2, 0.25) is 5.02 Å². The van der Waals surface area contributed by atoms with Gasteiger partial charge in [-0.1, -0.05) is 23.7 Å². The van der Waals surface area contributed by atoms with E-state index in [0.29, 0.717) is 16.9 Å². The van der Waals surface area contributed by atoms with Crippen LogP contribution >= 0.6 is 11.6 Å². The fourth-order valence-corrected chi connectivity index (χ4v) is 2.54. The highest BCUT2D eigenvalue weighted by Gasteiger charge is 2.26. The summed E-state index contributed by atoms with van der Waals surface area (Å²) < 4.78 is 0. The molecule has 1 aliphatic carbocycles. The van der Waals surface area contributed by atoms with E-state index >= 15 is 0 Å². The molecule has 4 nitrogen and oxygen atoms in total. The van der Waals surface area contributed by atoms with Gasteiger partial charge in [0.1, 0.15) is 5.82 Å². The van der Waals surface area contributed by atoms with E-state index in [0.717, 1.165) is 29.3 Å². The van der Waals surface area contributed by atoms with Crippen molar-refractivity contribution in [2.24, 2.45) is 0 Å². The van der Waals surface area contributed by atoms with Crippen LogP contribution in [0.4, 0.5) is 17.5 Å². The number of hydrogen-bond acceptors (Lipinski definition) is 4. The lowest BCUT2D eigenvalue weighted by Gasteiger charge is -2.13. The third kappa shape index (κ3) is 3.27. The first-order valence-corrected chi connectivity index (χ1v) is 7.70. The smallest absolute Gasteiger partial charge is 0.224 e. The molecule has 0 unspecified atom stereocenters. The fraction of sp³-hybridized carbons (Fsp3) is 0.375. The molecule has 0 bridgehead atoms. The summed E-state index contributed by atoms with van der Waals surface area (Å²) in [6.07, 6.45) is 2.43. The molecular weight excluding hydrogens is 284 g/mol. The van der Waals surface area contributed by atoms with Gasteiger partial charge in [0, 0.05) is 18.5 Å². The maximum absolute atomic E-state index is 6.27. The summed E-state index contributed by atoms with van der Waals surface area (Å²) in [5.41, 5.74) is 3.11. The number of halogens is 1. The van der Waals surface area contributed by atoms with Crippen LogP contribution in [0.25, 0.3) is 0 Å². The SMILES string of the molecule is CCNc1nc(Nc2c(C)cccc2Cl)cc(C2CC2)n1. The highest BCUT2D eigenvalue weighted by molar-refractivity contribution is 6.33. The van der Waals surface area contributed by atoms with Crippen LogP contribution in [0.5, 0.6) is 0 Å². The van der Waals surface area contributed by atoms with E-state index in [9.17, 15) is 0 Å². The van der Waals surface area contributed by atoms with Gasteiger partial charge in [-0.3, -0.25) is 0 Å². The largest absolute Gasteiger partial charge is 0.354 e. The Morgan fingerprint density at radius 2 is 2.10 bits per heavy atom. The Labute approximate surface area is 130 Å². The maximum atomic E-state index is 6.27. The summed E-state index contributed by atoms with van der Waals surface area (Å²) in [6, 6.07) is 7.89. The van der Waals surface area contributed by atoms with E-state index < -0.39 is 0 Å². The molecule has 110 valence electrons. The van der Waals surface area contributed by atoms with Crippen molar-refractivity contribution in [1.82, 2.24) is 9.97 Å². The Hall–Kier alpha value is -1.81. The molecular formula is C16H19ClN4. The first kappa shape index (κ1) is 14.1. The van der Waals surface area contributed by atoms with Crippen molar-refractivity contribution >= 4 is 29.1 Å². The van der Waals surface area contributed by atoms with Crippen LogP contribution < -0.4 is 10.6 Å². The number of aryl methyl sites for hydroxylation is 1. The van der Waals surface area contributed by atoms with Crippen molar-refractivity contribution < 1.29 is 0 Å². The average Bonchev–Trinajstić information content (AvgIpc) is 3.28. The van der Waals surface area contributed by atoms with Crippen molar-refractivity contribution in [3.05, 3.63) is 40.5 Å². The fourth-order valence-electron chi connectivity index (χ4n) is 2.27. The van der Waals surface area contributed by atoms with Crippen LogP contribution in [0.1, 0.15) is 36.9 Å². The van der Waals surface area contributed by atoms with Crippen molar-refractivity contribution in [3.8, 4) is 0 Å². The molecule has 2 N–H and O–H groups in total. The molecule has 0 spiro atoms. The Morgan fingerprint density at radius 1 is 1.29 bits per heavy atom. The molecule has 1 aromatic heterocycles. The van der Waals surface area contributed by atoms with E-state index in [4.69, 9.17) is 11.6 Å². The van der Waals surface area contributed by atoms with Gasteiger partial charge in [-0.25, -0.2) is 4.98 Å². The molecule has 3 rings (SSSR count). The molecule has 0 atom stereocenters. The molecule has 0 amide bonds.